The lowest BCUT2D eigenvalue weighted by Crippen LogP contribution is -2.51. The van der Waals surface area contributed by atoms with E-state index in [1.165, 1.54) is 17.0 Å². The number of hydrogen-bond donors (Lipinski definition) is 1. The minimum absolute atomic E-state index is 0.0221. The molecule has 3 nitrogen and oxygen atoms in total. The van der Waals surface area contributed by atoms with Crippen LogP contribution in [-0.2, 0) is 4.79 Å². The standard InChI is InChI=1S/C11H12ClFN2O/c1-15(11(16)7-5-14-6-7)8-2-3-10(13)9(12)4-8/h2-4,7,14H,5-6H2,1H3. The molecule has 2 rings (SSSR count). The zero-order chi connectivity index (χ0) is 11.7. The van der Waals surface area contributed by atoms with E-state index >= 15 is 0 Å². The number of carbonyl (C=O) groups excluding carboxylic acids is 1. The lowest BCUT2D eigenvalue weighted by molar-refractivity contribution is -0.123. The second kappa shape index (κ2) is 4.39. The number of benzene rings is 1. The molecule has 0 radical (unpaired) electrons. The van der Waals surface area contributed by atoms with E-state index in [1.807, 2.05) is 0 Å². The van der Waals surface area contributed by atoms with Crippen molar-refractivity contribution in [1.29, 1.82) is 0 Å². The highest BCUT2D eigenvalue weighted by Gasteiger charge is 2.28. The summed E-state index contributed by atoms with van der Waals surface area (Å²) in [6.45, 7) is 1.41. The van der Waals surface area contributed by atoms with Crippen molar-refractivity contribution in [3.63, 3.8) is 0 Å². The lowest BCUT2D eigenvalue weighted by atomic mass is 10.0. The van der Waals surface area contributed by atoms with Crippen LogP contribution >= 0.6 is 11.6 Å². The summed E-state index contributed by atoms with van der Waals surface area (Å²) in [5.41, 5.74) is 0.614. The third kappa shape index (κ3) is 2.03. The molecule has 0 bridgehead atoms. The van der Waals surface area contributed by atoms with E-state index in [2.05, 4.69) is 5.32 Å². The van der Waals surface area contributed by atoms with Crippen LogP contribution in [0.2, 0.25) is 5.02 Å². The Morgan fingerprint density at radius 3 is 2.75 bits per heavy atom. The third-order valence-corrected chi connectivity index (χ3v) is 3.04. The number of amides is 1. The Balaban J connectivity index is 2.16. The number of nitrogens with one attached hydrogen (secondary N) is 1. The number of rotatable bonds is 2. The van der Waals surface area contributed by atoms with Crippen LogP contribution in [0.1, 0.15) is 0 Å². The summed E-state index contributed by atoms with van der Waals surface area (Å²) in [5, 5.41) is 3.07. The predicted octanol–water partition coefficient (Wildman–Crippen LogP) is 1.66. The third-order valence-electron chi connectivity index (χ3n) is 2.75. The van der Waals surface area contributed by atoms with Crippen molar-refractivity contribution >= 4 is 23.2 Å². The van der Waals surface area contributed by atoms with Crippen molar-refractivity contribution in [1.82, 2.24) is 5.32 Å². The molecule has 0 unspecified atom stereocenters. The predicted molar refractivity (Wildman–Crippen MR) is 61.2 cm³/mol. The van der Waals surface area contributed by atoms with Crippen LogP contribution in [0, 0.1) is 11.7 Å². The van der Waals surface area contributed by atoms with Crippen molar-refractivity contribution in [2.24, 2.45) is 5.92 Å². The Morgan fingerprint density at radius 1 is 1.56 bits per heavy atom. The number of carbonyl (C=O) groups is 1. The van der Waals surface area contributed by atoms with Gasteiger partial charge in [-0.05, 0) is 18.2 Å². The minimum atomic E-state index is -0.475. The molecule has 0 saturated carbocycles. The molecule has 1 aliphatic rings. The molecular weight excluding hydrogens is 231 g/mol. The van der Waals surface area contributed by atoms with Gasteiger partial charge in [0.1, 0.15) is 5.82 Å². The van der Waals surface area contributed by atoms with Crippen LogP contribution in [0.4, 0.5) is 10.1 Å². The monoisotopic (exact) mass is 242 g/mol. The topological polar surface area (TPSA) is 32.3 Å². The SMILES string of the molecule is CN(C(=O)C1CNC1)c1ccc(F)c(Cl)c1. The fraction of sp³-hybridized carbons (Fsp3) is 0.364. The second-order valence-electron chi connectivity index (χ2n) is 3.85. The number of halogens is 2. The summed E-state index contributed by atoms with van der Waals surface area (Å²) in [4.78, 5) is 13.4. The molecule has 1 saturated heterocycles. The summed E-state index contributed by atoms with van der Waals surface area (Å²) in [7, 11) is 1.67. The van der Waals surface area contributed by atoms with Crippen LogP contribution in [-0.4, -0.2) is 26.0 Å². The van der Waals surface area contributed by atoms with Gasteiger partial charge in [0, 0.05) is 25.8 Å². The first-order valence-electron chi connectivity index (χ1n) is 5.03. The smallest absolute Gasteiger partial charge is 0.232 e. The van der Waals surface area contributed by atoms with Gasteiger partial charge in [-0.3, -0.25) is 4.79 Å². The van der Waals surface area contributed by atoms with Crippen molar-refractivity contribution in [3.8, 4) is 0 Å². The van der Waals surface area contributed by atoms with Gasteiger partial charge in [0.05, 0.1) is 10.9 Å². The lowest BCUT2D eigenvalue weighted by Gasteiger charge is -2.30. The Hall–Kier alpha value is -1.13. The summed E-state index contributed by atoms with van der Waals surface area (Å²) in [6.07, 6.45) is 0. The highest BCUT2D eigenvalue weighted by atomic mass is 35.5. The molecule has 1 fully saturated rings. The molecule has 0 aromatic heterocycles. The maximum absolute atomic E-state index is 13.0. The molecule has 1 amide bonds. The van der Waals surface area contributed by atoms with E-state index in [-0.39, 0.29) is 16.8 Å². The summed E-state index contributed by atoms with van der Waals surface area (Å²) >= 11 is 5.66. The first-order valence-corrected chi connectivity index (χ1v) is 5.40. The van der Waals surface area contributed by atoms with Gasteiger partial charge < -0.3 is 10.2 Å². The molecule has 16 heavy (non-hydrogen) atoms. The number of hydrogen-bond acceptors (Lipinski definition) is 2. The van der Waals surface area contributed by atoms with Gasteiger partial charge in [0.15, 0.2) is 0 Å². The van der Waals surface area contributed by atoms with Crippen LogP contribution in [0.3, 0.4) is 0 Å². The van der Waals surface area contributed by atoms with Crippen LogP contribution in [0.15, 0.2) is 18.2 Å². The largest absolute Gasteiger partial charge is 0.315 e. The fourth-order valence-electron chi connectivity index (χ4n) is 1.56. The Morgan fingerprint density at radius 2 is 2.25 bits per heavy atom. The van der Waals surface area contributed by atoms with E-state index in [0.29, 0.717) is 18.8 Å². The summed E-state index contributed by atoms with van der Waals surface area (Å²) < 4.78 is 13.0. The van der Waals surface area contributed by atoms with Crippen molar-refractivity contribution in [2.45, 2.75) is 0 Å². The maximum Gasteiger partial charge on any atom is 0.232 e. The van der Waals surface area contributed by atoms with Gasteiger partial charge >= 0.3 is 0 Å². The van der Waals surface area contributed by atoms with Gasteiger partial charge in [-0.2, -0.15) is 0 Å². The van der Waals surface area contributed by atoms with Gasteiger partial charge in [-0.1, -0.05) is 11.6 Å². The first kappa shape index (κ1) is 11.4. The average Bonchev–Trinajstić information content (AvgIpc) is 2.18. The Labute approximate surface area is 98.2 Å². The van der Waals surface area contributed by atoms with Crippen LogP contribution in [0.25, 0.3) is 0 Å². The normalized spacial score (nSPS) is 15.7. The molecule has 86 valence electrons. The maximum atomic E-state index is 13.0. The minimum Gasteiger partial charge on any atom is -0.315 e. The molecular formula is C11H12ClFN2O. The van der Waals surface area contributed by atoms with E-state index in [1.54, 1.807) is 13.1 Å². The number of nitrogens with zero attached hydrogens (tertiary/aromatic N) is 1. The zero-order valence-corrected chi connectivity index (χ0v) is 9.59. The average molecular weight is 243 g/mol. The van der Waals surface area contributed by atoms with E-state index in [0.717, 1.165) is 0 Å². The first-order chi connectivity index (χ1) is 7.59. The molecule has 1 aliphatic heterocycles. The highest BCUT2D eigenvalue weighted by molar-refractivity contribution is 6.31. The van der Waals surface area contributed by atoms with Crippen LogP contribution in [0.5, 0.6) is 0 Å². The van der Waals surface area contributed by atoms with Crippen molar-refractivity contribution in [3.05, 3.63) is 29.0 Å². The van der Waals surface area contributed by atoms with Crippen molar-refractivity contribution < 1.29 is 9.18 Å². The van der Waals surface area contributed by atoms with Crippen molar-refractivity contribution in [2.75, 3.05) is 25.0 Å². The summed E-state index contributed by atoms with van der Waals surface area (Å²) in [6, 6.07) is 4.27. The van der Waals surface area contributed by atoms with E-state index in [9.17, 15) is 9.18 Å². The molecule has 5 heteroatoms. The quantitative estimate of drug-likeness (QED) is 0.856. The van der Waals surface area contributed by atoms with Crippen LogP contribution < -0.4 is 10.2 Å². The molecule has 1 heterocycles. The highest BCUT2D eigenvalue weighted by Crippen LogP contribution is 2.23. The second-order valence-corrected chi connectivity index (χ2v) is 4.26. The molecule has 1 N–H and O–H groups in total. The van der Waals surface area contributed by atoms with Gasteiger partial charge in [0.2, 0.25) is 5.91 Å². The Bertz CT molecular complexity index is 420. The van der Waals surface area contributed by atoms with Gasteiger partial charge in [-0.25, -0.2) is 4.39 Å². The molecule has 0 atom stereocenters. The fourth-order valence-corrected chi connectivity index (χ4v) is 1.73. The van der Waals surface area contributed by atoms with Gasteiger partial charge in [0.25, 0.3) is 0 Å². The molecule has 0 aliphatic carbocycles. The summed E-state index contributed by atoms with van der Waals surface area (Å²) in [5.74, 6) is -0.424. The van der Waals surface area contributed by atoms with E-state index in [4.69, 9.17) is 11.6 Å². The molecule has 1 aromatic carbocycles. The molecule has 0 spiro atoms. The van der Waals surface area contributed by atoms with E-state index < -0.39 is 5.82 Å². The zero-order valence-electron chi connectivity index (χ0n) is 8.84. The Kier molecular flexibility index (Phi) is 3.12. The number of anilines is 1. The van der Waals surface area contributed by atoms with Gasteiger partial charge in [-0.15, -0.1) is 0 Å². The molecule has 1 aromatic rings.